The number of primary sulfonamides is 1. The predicted octanol–water partition coefficient (Wildman–Crippen LogP) is 2.05. The molecule has 0 aliphatic heterocycles. The summed E-state index contributed by atoms with van der Waals surface area (Å²) in [6.45, 7) is 6.17. The molecule has 2 rings (SSSR count). The lowest BCUT2D eigenvalue weighted by Gasteiger charge is -2.12. The monoisotopic (exact) mass is 396 g/mol. The molecule has 4 N–H and O–H groups in total. The van der Waals surface area contributed by atoms with Gasteiger partial charge in [-0.05, 0) is 32.0 Å². The third kappa shape index (κ3) is 6.01. The number of aliphatic imine (C=N–C) groups is 1. The Balaban J connectivity index is 2.04. The second kappa shape index (κ2) is 9.56. The van der Waals surface area contributed by atoms with Crippen LogP contribution in [0.25, 0.3) is 0 Å². The number of nitrogens with two attached hydrogens (primary N) is 1. The van der Waals surface area contributed by atoms with Crippen LogP contribution in [0, 0.1) is 0 Å². The molecule has 1 aromatic heterocycles. The van der Waals surface area contributed by atoms with Crippen LogP contribution >= 0.6 is 11.3 Å². The highest BCUT2D eigenvalue weighted by molar-refractivity contribution is 7.91. The van der Waals surface area contributed by atoms with Crippen LogP contribution in [-0.2, 0) is 23.1 Å². The standard InChI is InChI=1S/C17H24N4O3S2/c1-3-19-17(20-11-13-7-5-6-8-15(13)24-4-2)21-12-14-9-10-16(25-14)26(18,22)23/h5-10H,3-4,11-12H2,1-2H3,(H2,18,22,23)(H2,19,20,21). The highest BCUT2D eigenvalue weighted by Gasteiger charge is 2.11. The van der Waals surface area contributed by atoms with Crippen molar-refractivity contribution in [3.05, 3.63) is 46.8 Å². The predicted molar refractivity (Wildman–Crippen MR) is 105 cm³/mol. The van der Waals surface area contributed by atoms with Crippen LogP contribution in [0.2, 0.25) is 0 Å². The van der Waals surface area contributed by atoms with E-state index in [-0.39, 0.29) is 4.21 Å². The van der Waals surface area contributed by atoms with Gasteiger partial charge in [0.05, 0.1) is 19.7 Å². The van der Waals surface area contributed by atoms with E-state index in [1.165, 1.54) is 6.07 Å². The molecule has 0 spiro atoms. The third-order valence-electron chi connectivity index (χ3n) is 3.37. The van der Waals surface area contributed by atoms with E-state index in [0.717, 1.165) is 27.5 Å². The first-order valence-electron chi connectivity index (χ1n) is 8.28. The largest absolute Gasteiger partial charge is 0.494 e. The first-order chi connectivity index (χ1) is 12.4. The second-order valence-corrected chi connectivity index (χ2v) is 8.31. The summed E-state index contributed by atoms with van der Waals surface area (Å²) >= 11 is 1.15. The summed E-state index contributed by atoms with van der Waals surface area (Å²) in [7, 11) is -3.66. The highest BCUT2D eigenvalue weighted by Crippen LogP contribution is 2.20. The van der Waals surface area contributed by atoms with Gasteiger partial charge in [-0.2, -0.15) is 0 Å². The number of sulfonamides is 1. The molecule has 0 radical (unpaired) electrons. The number of guanidine groups is 1. The highest BCUT2D eigenvalue weighted by atomic mass is 32.2. The topological polar surface area (TPSA) is 106 Å². The second-order valence-electron chi connectivity index (χ2n) is 5.36. The number of nitrogens with zero attached hydrogens (tertiary/aromatic N) is 1. The molecule has 0 bridgehead atoms. The first kappa shape index (κ1) is 20.2. The van der Waals surface area contributed by atoms with Gasteiger partial charge in [-0.15, -0.1) is 11.3 Å². The van der Waals surface area contributed by atoms with Crippen molar-refractivity contribution in [2.75, 3.05) is 13.2 Å². The van der Waals surface area contributed by atoms with Crippen molar-refractivity contribution in [3.8, 4) is 5.75 Å². The minimum absolute atomic E-state index is 0.155. The molecule has 142 valence electrons. The van der Waals surface area contributed by atoms with Crippen LogP contribution in [0.3, 0.4) is 0 Å². The van der Waals surface area contributed by atoms with E-state index in [1.807, 2.05) is 38.1 Å². The Hall–Kier alpha value is -2.10. The van der Waals surface area contributed by atoms with Crippen LogP contribution in [0.15, 0.2) is 45.6 Å². The number of ether oxygens (including phenoxy) is 1. The smallest absolute Gasteiger partial charge is 0.247 e. The Morgan fingerprint density at radius 2 is 1.96 bits per heavy atom. The summed E-state index contributed by atoms with van der Waals surface area (Å²) in [5.74, 6) is 1.47. The Labute approximate surface area is 158 Å². The maximum Gasteiger partial charge on any atom is 0.247 e. The van der Waals surface area contributed by atoms with Crippen LogP contribution in [0.4, 0.5) is 0 Å². The molecule has 0 saturated heterocycles. The lowest BCUT2D eigenvalue weighted by Crippen LogP contribution is -2.36. The molecule has 0 saturated carbocycles. The molecule has 0 aliphatic rings. The summed E-state index contributed by atoms with van der Waals surface area (Å²) in [6.07, 6.45) is 0. The molecule has 0 atom stereocenters. The van der Waals surface area contributed by atoms with E-state index in [9.17, 15) is 8.42 Å². The van der Waals surface area contributed by atoms with Gasteiger partial charge in [-0.25, -0.2) is 18.5 Å². The van der Waals surface area contributed by atoms with E-state index in [0.29, 0.717) is 32.2 Å². The van der Waals surface area contributed by atoms with E-state index in [2.05, 4.69) is 15.6 Å². The van der Waals surface area contributed by atoms with Gasteiger partial charge < -0.3 is 15.4 Å². The fraction of sp³-hybridized carbons (Fsp3) is 0.353. The first-order valence-corrected chi connectivity index (χ1v) is 10.6. The normalized spacial score (nSPS) is 12.0. The number of rotatable bonds is 8. The number of nitrogens with one attached hydrogen (secondary N) is 2. The Morgan fingerprint density at radius 3 is 2.62 bits per heavy atom. The number of hydrogen-bond donors (Lipinski definition) is 3. The average Bonchev–Trinajstić information content (AvgIpc) is 3.08. The number of hydrogen-bond acceptors (Lipinski definition) is 5. The molecule has 2 aromatic rings. The lowest BCUT2D eigenvalue weighted by atomic mass is 10.2. The van der Waals surface area contributed by atoms with Crippen LogP contribution in [-0.4, -0.2) is 27.5 Å². The molecule has 0 fully saturated rings. The van der Waals surface area contributed by atoms with Crippen molar-refractivity contribution in [3.63, 3.8) is 0 Å². The maximum atomic E-state index is 11.4. The fourth-order valence-corrected chi connectivity index (χ4v) is 3.93. The number of para-hydroxylation sites is 1. The maximum absolute atomic E-state index is 11.4. The zero-order valence-electron chi connectivity index (χ0n) is 14.9. The fourth-order valence-electron chi connectivity index (χ4n) is 2.21. The zero-order valence-corrected chi connectivity index (χ0v) is 16.5. The van der Waals surface area contributed by atoms with Crippen LogP contribution in [0.1, 0.15) is 24.3 Å². The summed E-state index contributed by atoms with van der Waals surface area (Å²) in [5.41, 5.74) is 0.999. The van der Waals surface area contributed by atoms with E-state index in [1.54, 1.807) is 6.07 Å². The summed E-state index contributed by atoms with van der Waals surface area (Å²) in [4.78, 5) is 5.43. The quantitative estimate of drug-likeness (QED) is 0.468. The van der Waals surface area contributed by atoms with Gasteiger partial charge in [0.2, 0.25) is 10.0 Å². The summed E-state index contributed by atoms with van der Waals surface area (Å²) in [6, 6.07) is 11.0. The van der Waals surface area contributed by atoms with Gasteiger partial charge in [-0.3, -0.25) is 0 Å². The molecular weight excluding hydrogens is 372 g/mol. The summed E-state index contributed by atoms with van der Waals surface area (Å²) in [5, 5.41) is 11.5. The molecule has 9 heteroatoms. The van der Waals surface area contributed by atoms with Gasteiger partial charge in [0.1, 0.15) is 9.96 Å². The van der Waals surface area contributed by atoms with Crippen LogP contribution in [0.5, 0.6) is 5.75 Å². The van der Waals surface area contributed by atoms with E-state index >= 15 is 0 Å². The molecule has 26 heavy (non-hydrogen) atoms. The molecular formula is C17H24N4O3S2. The Bertz CT molecular complexity index is 847. The van der Waals surface area contributed by atoms with Crippen molar-refractivity contribution in [1.29, 1.82) is 0 Å². The molecule has 1 heterocycles. The number of benzene rings is 1. The minimum Gasteiger partial charge on any atom is -0.494 e. The third-order valence-corrected chi connectivity index (χ3v) is 5.90. The minimum atomic E-state index is -3.66. The van der Waals surface area contributed by atoms with Gasteiger partial charge in [0.15, 0.2) is 5.96 Å². The molecule has 7 nitrogen and oxygen atoms in total. The van der Waals surface area contributed by atoms with E-state index in [4.69, 9.17) is 9.88 Å². The van der Waals surface area contributed by atoms with E-state index < -0.39 is 10.0 Å². The van der Waals surface area contributed by atoms with Gasteiger partial charge in [0, 0.05) is 17.0 Å². The molecule has 0 unspecified atom stereocenters. The number of thiophene rings is 1. The average molecular weight is 397 g/mol. The van der Waals surface area contributed by atoms with Crippen molar-refractivity contribution < 1.29 is 13.2 Å². The molecule has 0 amide bonds. The van der Waals surface area contributed by atoms with Gasteiger partial charge in [-0.1, -0.05) is 18.2 Å². The molecule has 0 aliphatic carbocycles. The van der Waals surface area contributed by atoms with Crippen molar-refractivity contribution in [2.24, 2.45) is 10.1 Å². The SMILES string of the molecule is CCNC(=NCc1ccccc1OCC)NCc1ccc(S(N)(=O)=O)s1. The lowest BCUT2D eigenvalue weighted by molar-refractivity contribution is 0.336. The zero-order chi connectivity index (χ0) is 19.0. The van der Waals surface area contributed by atoms with Crippen molar-refractivity contribution in [2.45, 2.75) is 31.1 Å². The van der Waals surface area contributed by atoms with Gasteiger partial charge >= 0.3 is 0 Å². The molecule has 1 aromatic carbocycles. The Kier molecular flexibility index (Phi) is 7.43. The van der Waals surface area contributed by atoms with Crippen LogP contribution < -0.4 is 20.5 Å². The Morgan fingerprint density at radius 1 is 1.19 bits per heavy atom. The van der Waals surface area contributed by atoms with Crippen molar-refractivity contribution in [1.82, 2.24) is 10.6 Å². The van der Waals surface area contributed by atoms with Gasteiger partial charge in [0.25, 0.3) is 0 Å². The summed E-state index contributed by atoms with van der Waals surface area (Å²) < 4.78 is 28.5. The van der Waals surface area contributed by atoms with Crippen molar-refractivity contribution >= 4 is 27.3 Å².